The lowest BCUT2D eigenvalue weighted by Crippen LogP contribution is -2.15. The number of nitrogens with one attached hydrogen (secondary N) is 1. The molecule has 2 rings (SSSR count). The maximum Gasteiger partial charge on any atom is 0.129 e. The first-order valence-corrected chi connectivity index (χ1v) is 4.89. The zero-order valence-electron chi connectivity index (χ0n) is 7.89. The average Bonchev–Trinajstić information content (AvgIpc) is 2.70. The van der Waals surface area contributed by atoms with Gasteiger partial charge in [-0.15, -0.1) is 0 Å². The first-order valence-electron chi connectivity index (χ1n) is 4.89. The van der Waals surface area contributed by atoms with Gasteiger partial charge in [0.2, 0.25) is 0 Å². The van der Waals surface area contributed by atoms with E-state index in [9.17, 15) is 8.78 Å². The fourth-order valence-corrected chi connectivity index (χ4v) is 1.99. The van der Waals surface area contributed by atoms with Gasteiger partial charge in [-0.3, -0.25) is 0 Å². The van der Waals surface area contributed by atoms with Crippen LogP contribution in [0.4, 0.5) is 8.78 Å². The van der Waals surface area contributed by atoms with Gasteiger partial charge in [-0.25, -0.2) is 8.78 Å². The van der Waals surface area contributed by atoms with Crippen molar-refractivity contribution in [3.05, 3.63) is 35.1 Å². The van der Waals surface area contributed by atoms with E-state index in [-0.39, 0.29) is 11.6 Å². The lowest BCUT2D eigenvalue weighted by Gasteiger charge is -2.14. The third-order valence-electron chi connectivity index (χ3n) is 2.72. The van der Waals surface area contributed by atoms with E-state index in [4.69, 9.17) is 0 Å². The van der Waals surface area contributed by atoms with E-state index in [1.54, 1.807) is 12.1 Å². The molecule has 1 aliphatic heterocycles. The third kappa shape index (κ3) is 1.64. The van der Waals surface area contributed by atoms with E-state index < -0.39 is 12.5 Å². The normalized spacial score (nSPS) is 21.4. The van der Waals surface area contributed by atoms with Crippen molar-refractivity contribution in [1.29, 1.82) is 0 Å². The van der Waals surface area contributed by atoms with Crippen LogP contribution in [0.1, 0.15) is 30.0 Å². The van der Waals surface area contributed by atoms with Crippen molar-refractivity contribution in [2.75, 3.05) is 6.54 Å². The van der Waals surface area contributed by atoms with Crippen LogP contribution in [0.25, 0.3) is 0 Å². The number of hydrogen-bond acceptors (Lipinski definition) is 1. The number of rotatable bonds is 2. The van der Waals surface area contributed by atoms with Crippen molar-refractivity contribution >= 4 is 0 Å². The van der Waals surface area contributed by atoms with Crippen molar-refractivity contribution in [3.8, 4) is 0 Å². The Labute approximate surface area is 82.1 Å². The molecule has 1 saturated heterocycles. The van der Waals surface area contributed by atoms with Gasteiger partial charge in [-0.05, 0) is 31.0 Å². The van der Waals surface area contributed by atoms with E-state index in [0.29, 0.717) is 0 Å². The van der Waals surface area contributed by atoms with Crippen LogP contribution in [-0.4, -0.2) is 6.54 Å². The molecular weight excluding hydrogens is 184 g/mol. The van der Waals surface area contributed by atoms with Crippen LogP contribution < -0.4 is 5.32 Å². The number of hydrogen-bond donors (Lipinski definition) is 1. The van der Waals surface area contributed by atoms with Gasteiger partial charge in [-0.2, -0.15) is 0 Å². The molecular formula is C11H13F2N. The van der Waals surface area contributed by atoms with E-state index >= 15 is 0 Å². The number of alkyl halides is 1. The zero-order valence-corrected chi connectivity index (χ0v) is 7.89. The van der Waals surface area contributed by atoms with Crippen molar-refractivity contribution in [3.63, 3.8) is 0 Å². The highest BCUT2D eigenvalue weighted by Crippen LogP contribution is 2.27. The number of halogens is 2. The fourth-order valence-electron chi connectivity index (χ4n) is 1.99. The second-order valence-corrected chi connectivity index (χ2v) is 3.59. The molecule has 1 atom stereocenters. The summed E-state index contributed by atoms with van der Waals surface area (Å²) in [6.07, 6.45) is 2.04. The standard InChI is InChI=1S/C11H13F2N/c12-7-9-8(3-1-4-10(9)13)11-5-2-6-14-11/h1,3-4,11,14H,2,5-7H2. The van der Waals surface area contributed by atoms with Crippen LogP contribution in [0.2, 0.25) is 0 Å². The highest BCUT2D eigenvalue weighted by Gasteiger charge is 2.20. The molecule has 1 N–H and O–H groups in total. The molecule has 0 saturated carbocycles. The van der Waals surface area contributed by atoms with Gasteiger partial charge in [0.05, 0.1) is 0 Å². The zero-order chi connectivity index (χ0) is 9.97. The minimum atomic E-state index is -0.722. The van der Waals surface area contributed by atoms with Gasteiger partial charge < -0.3 is 5.32 Å². The van der Waals surface area contributed by atoms with Crippen molar-refractivity contribution in [2.45, 2.75) is 25.6 Å². The molecule has 0 spiro atoms. The monoisotopic (exact) mass is 197 g/mol. The minimum absolute atomic E-state index is 0.136. The highest BCUT2D eigenvalue weighted by molar-refractivity contribution is 5.31. The summed E-state index contributed by atoms with van der Waals surface area (Å²) in [4.78, 5) is 0. The Kier molecular flexibility index (Phi) is 2.77. The third-order valence-corrected chi connectivity index (χ3v) is 2.72. The summed E-state index contributed by atoms with van der Waals surface area (Å²) in [6, 6.07) is 4.90. The molecule has 0 aromatic heterocycles. The van der Waals surface area contributed by atoms with E-state index in [2.05, 4.69) is 5.32 Å². The topological polar surface area (TPSA) is 12.0 Å². The smallest absolute Gasteiger partial charge is 0.129 e. The van der Waals surface area contributed by atoms with E-state index in [1.807, 2.05) is 0 Å². The Morgan fingerprint density at radius 2 is 2.29 bits per heavy atom. The molecule has 1 aromatic carbocycles. The summed E-state index contributed by atoms with van der Waals surface area (Å²) in [5.41, 5.74) is 0.997. The summed E-state index contributed by atoms with van der Waals surface area (Å²) >= 11 is 0. The molecule has 14 heavy (non-hydrogen) atoms. The van der Waals surface area contributed by atoms with Crippen LogP contribution in [0.5, 0.6) is 0 Å². The second kappa shape index (κ2) is 4.05. The Balaban J connectivity index is 2.35. The summed E-state index contributed by atoms with van der Waals surface area (Å²) in [5, 5.41) is 3.24. The predicted octanol–water partition coefficient (Wildman–Crippen LogP) is 2.72. The van der Waals surface area contributed by atoms with Crippen LogP contribution in [0, 0.1) is 5.82 Å². The van der Waals surface area contributed by atoms with Crippen LogP contribution in [0.3, 0.4) is 0 Å². The Morgan fingerprint density at radius 3 is 2.93 bits per heavy atom. The van der Waals surface area contributed by atoms with Crippen LogP contribution >= 0.6 is 0 Å². The second-order valence-electron chi connectivity index (χ2n) is 3.59. The van der Waals surface area contributed by atoms with Crippen LogP contribution in [0.15, 0.2) is 18.2 Å². The van der Waals surface area contributed by atoms with Gasteiger partial charge in [0, 0.05) is 11.6 Å². The highest BCUT2D eigenvalue weighted by atomic mass is 19.1. The molecule has 0 radical (unpaired) electrons. The van der Waals surface area contributed by atoms with Crippen molar-refractivity contribution in [2.24, 2.45) is 0 Å². The quantitative estimate of drug-likeness (QED) is 0.768. The Bertz CT molecular complexity index is 319. The molecule has 3 heteroatoms. The van der Waals surface area contributed by atoms with Gasteiger partial charge in [0.15, 0.2) is 0 Å². The average molecular weight is 197 g/mol. The molecule has 1 aliphatic rings. The first-order chi connectivity index (χ1) is 6.83. The largest absolute Gasteiger partial charge is 0.310 e. The molecule has 1 nitrogen and oxygen atoms in total. The summed E-state index contributed by atoms with van der Waals surface area (Å²) in [6.45, 7) is 0.215. The van der Waals surface area contributed by atoms with Gasteiger partial charge >= 0.3 is 0 Å². The van der Waals surface area contributed by atoms with Gasteiger partial charge in [0.1, 0.15) is 12.5 Å². The molecule has 1 unspecified atom stereocenters. The Hall–Kier alpha value is -0.960. The summed E-state index contributed by atoms with van der Waals surface area (Å²) < 4.78 is 25.9. The number of benzene rings is 1. The molecule has 1 fully saturated rings. The summed E-state index contributed by atoms with van der Waals surface area (Å²) in [5.74, 6) is -0.432. The molecule has 76 valence electrons. The fraction of sp³-hybridized carbons (Fsp3) is 0.455. The molecule has 0 aliphatic carbocycles. The van der Waals surface area contributed by atoms with Crippen molar-refractivity contribution < 1.29 is 8.78 Å². The van der Waals surface area contributed by atoms with E-state index in [0.717, 1.165) is 24.9 Å². The van der Waals surface area contributed by atoms with Gasteiger partial charge in [0.25, 0.3) is 0 Å². The van der Waals surface area contributed by atoms with E-state index in [1.165, 1.54) is 6.07 Å². The maximum atomic E-state index is 13.2. The van der Waals surface area contributed by atoms with Crippen molar-refractivity contribution in [1.82, 2.24) is 5.32 Å². The maximum absolute atomic E-state index is 13.2. The lowest BCUT2D eigenvalue weighted by atomic mass is 9.99. The first kappa shape index (κ1) is 9.59. The predicted molar refractivity (Wildman–Crippen MR) is 51.2 cm³/mol. The summed E-state index contributed by atoms with van der Waals surface area (Å²) in [7, 11) is 0. The molecule has 0 bridgehead atoms. The van der Waals surface area contributed by atoms with Crippen LogP contribution in [-0.2, 0) is 6.67 Å². The van der Waals surface area contributed by atoms with Gasteiger partial charge in [-0.1, -0.05) is 12.1 Å². The molecule has 0 amide bonds. The molecule has 1 aromatic rings. The molecule has 1 heterocycles. The minimum Gasteiger partial charge on any atom is -0.310 e. The Morgan fingerprint density at radius 1 is 1.43 bits per heavy atom. The SMILES string of the molecule is FCc1c(F)cccc1C1CCCN1. The lowest BCUT2D eigenvalue weighted by molar-refractivity contribution is 0.454.